The minimum Gasteiger partial charge on any atom is -0.494 e. The molecule has 7 nitrogen and oxygen atoms in total. The third kappa shape index (κ3) is 2.33. The summed E-state index contributed by atoms with van der Waals surface area (Å²) in [6.07, 6.45) is 3.36. The number of hydrogen-bond donors (Lipinski definition) is 2. The molecule has 0 amide bonds. The third-order valence-electron chi connectivity index (χ3n) is 2.70. The summed E-state index contributed by atoms with van der Waals surface area (Å²) in [5.74, 6) is 1.57. The van der Waals surface area contributed by atoms with Gasteiger partial charge >= 0.3 is 0 Å². The van der Waals surface area contributed by atoms with Gasteiger partial charge in [-0.05, 0) is 31.2 Å². The molecule has 0 aliphatic carbocycles. The molecule has 1 aromatic carbocycles. The number of imidazole rings is 1. The highest BCUT2D eigenvalue weighted by molar-refractivity contribution is 5.70. The summed E-state index contributed by atoms with van der Waals surface area (Å²) in [7, 11) is 0. The number of nitrogen functional groups attached to an aromatic ring is 1. The molecule has 0 unspecified atom stereocenters. The normalized spacial score (nSPS) is 10.7. The number of rotatable bonds is 4. The van der Waals surface area contributed by atoms with Gasteiger partial charge in [0.1, 0.15) is 5.75 Å². The Labute approximate surface area is 115 Å². The van der Waals surface area contributed by atoms with Gasteiger partial charge in [0.25, 0.3) is 0 Å². The van der Waals surface area contributed by atoms with Crippen molar-refractivity contribution < 1.29 is 4.74 Å². The van der Waals surface area contributed by atoms with Crippen LogP contribution in [0, 0.1) is 0 Å². The van der Waals surface area contributed by atoms with E-state index in [1.807, 2.05) is 31.2 Å². The summed E-state index contributed by atoms with van der Waals surface area (Å²) in [4.78, 5) is 8.37. The molecule has 0 saturated heterocycles. The first-order chi connectivity index (χ1) is 9.76. The van der Waals surface area contributed by atoms with Crippen LogP contribution in [0.25, 0.3) is 5.65 Å². The van der Waals surface area contributed by atoms with Crippen LogP contribution in [0.1, 0.15) is 6.92 Å². The molecule has 20 heavy (non-hydrogen) atoms. The Kier molecular flexibility index (Phi) is 3.08. The molecule has 0 fully saturated rings. The van der Waals surface area contributed by atoms with E-state index in [0.29, 0.717) is 18.1 Å². The Hall–Kier alpha value is -2.83. The predicted molar refractivity (Wildman–Crippen MR) is 76.1 cm³/mol. The standard InChI is InChI=1S/C13H14N6O/c1-2-20-10-5-3-9(4-6-10)16-11-12-15-7-8-19(12)18-13(14)17-11/h3-8H,2H2,1H3,(H3,14,16,17,18). The van der Waals surface area contributed by atoms with Gasteiger partial charge in [-0.15, -0.1) is 5.10 Å². The number of aromatic nitrogens is 4. The summed E-state index contributed by atoms with van der Waals surface area (Å²) in [5.41, 5.74) is 7.16. The van der Waals surface area contributed by atoms with Crippen molar-refractivity contribution in [2.45, 2.75) is 6.92 Å². The van der Waals surface area contributed by atoms with E-state index in [2.05, 4.69) is 20.4 Å². The van der Waals surface area contributed by atoms with Crippen molar-refractivity contribution >= 4 is 23.1 Å². The molecule has 2 aromatic heterocycles. The van der Waals surface area contributed by atoms with Crippen LogP contribution < -0.4 is 15.8 Å². The smallest absolute Gasteiger partial charge is 0.240 e. The first kappa shape index (κ1) is 12.2. The fourth-order valence-electron chi connectivity index (χ4n) is 1.87. The lowest BCUT2D eigenvalue weighted by atomic mass is 10.3. The number of nitrogens with one attached hydrogen (secondary N) is 1. The molecular weight excluding hydrogens is 256 g/mol. The summed E-state index contributed by atoms with van der Waals surface area (Å²) in [6, 6.07) is 7.59. The molecule has 3 N–H and O–H groups in total. The highest BCUT2D eigenvalue weighted by Crippen LogP contribution is 2.21. The van der Waals surface area contributed by atoms with Crippen LogP contribution >= 0.6 is 0 Å². The molecule has 7 heteroatoms. The lowest BCUT2D eigenvalue weighted by Crippen LogP contribution is -2.05. The second-order valence-corrected chi connectivity index (χ2v) is 4.10. The fraction of sp³-hybridized carbons (Fsp3) is 0.154. The minimum atomic E-state index is 0.184. The van der Waals surface area contributed by atoms with E-state index < -0.39 is 0 Å². The molecule has 0 aliphatic rings. The van der Waals surface area contributed by atoms with E-state index in [9.17, 15) is 0 Å². The van der Waals surface area contributed by atoms with E-state index in [1.165, 1.54) is 0 Å². The first-order valence-electron chi connectivity index (χ1n) is 6.23. The SMILES string of the molecule is CCOc1ccc(Nc2nc(N)nn3ccnc23)cc1. The summed E-state index contributed by atoms with van der Waals surface area (Å²) in [5, 5.41) is 7.21. The second-order valence-electron chi connectivity index (χ2n) is 4.10. The number of fused-ring (bicyclic) bond motifs is 1. The van der Waals surface area contributed by atoms with Gasteiger partial charge in [-0.2, -0.15) is 4.98 Å². The molecule has 0 bridgehead atoms. The Morgan fingerprint density at radius 3 is 2.85 bits per heavy atom. The molecule has 0 spiro atoms. The molecule has 102 valence electrons. The number of hydrogen-bond acceptors (Lipinski definition) is 6. The molecule has 0 saturated carbocycles. The maximum atomic E-state index is 5.67. The van der Waals surface area contributed by atoms with E-state index in [0.717, 1.165) is 11.4 Å². The van der Waals surface area contributed by atoms with Crippen LogP contribution in [-0.4, -0.2) is 26.2 Å². The highest BCUT2D eigenvalue weighted by Gasteiger charge is 2.07. The zero-order valence-corrected chi connectivity index (χ0v) is 10.9. The number of anilines is 3. The molecule has 0 atom stereocenters. The van der Waals surface area contributed by atoms with E-state index in [1.54, 1.807) is 16.9 Å². The largest absolute Gasteiger partial charge is 0.494 e. The number of ether oxygens (including phenoxy) is 1. The molecule has 2 heterocycles. The Morgan fingerprint density at radius 1 is 1.30 bits per heavy atom. The minimum absolute atomic E-state index is 0.184. The van der Waals surface area contributed by atoms with Crippen LogP contribution in [-0.2, 0) is 0 Å². The Morgan fingerprint density at radius 2 is 2.10 bits per heavy atom. The molecule has 3 rings (SSSR count). The molecule has 3 aromatic rings. The van der Waals surface area contributed by atoms with Gasteiger partial charge in [0.2, 0.25) is 5.95 Å². The van der Waals surface area contributed by atoms with Gasteiger partial charge < -0.3 is 15.8 Å². The maximum absolute atomic E-state index is 5.67. The van der Waals surface area contributed by atoms with Crippen molar-refractivity contribution in [3.8, 4) is 5.75 Å². The first-order valence-corrected chi connectivity index (χ1v) is 6.23. The maximum Gasteiger partial charge on any atom is 0.240 e. The van der Waals surface area contributed by atoms with Crippen molar-refractivity contribution in [3.63, 3.8) is 0 Å². The molecule has 0 aliphatic heterocycles. The highest BCUT2D eigenvalue weighted by atomic mass is 16.5. The van der Waals surface area contributed by atoms with Crippen molar-refractivity contribution in [2.75, 3.05) is 17.7 Å². The Balaban J connectivity index is 1.90. The van der Waals surface area contributed by atoms with Gasteiger partial charge in [0, 0.05) is 18.1 Å². The van der Waals surface area contributed by atoms with Gasteiger partial charge in [-0.1, -0.05) is 0 Å². The lowest BCUT2D eigenvalue weighted by molar-refractivity contribution is 0.340. The topological polar surface area (TPSA) is 90.4 Å². The average molecular weight is 270 g/mol. The fourth-order valence-corrected chi connectivity index (χ4v) is 1.87. The lowest BCUT2D eigenvalue weighted by Gasteiger charge is -2.08. The van der Waals surface area contributed by atoms with Gasteiger partial charge in [0.15, 0.2) is 11.5 Å². The van der Waals surface area contributed by atoms with Crippen molar-refractivity contribution in [1.29, 1.82) is 0 Å². The van der Waals surface area contributed by atoms with Crippen molar-refractivity contribution in [3.05, 3.63) is 36.7 Å². The summed E-state index contributed by atoms with van der Waals surface area (Å²) < 4.78 is 6.98. The van der Waals surface area contributed by atoms with Gasteiger partial charge in [0.05, 0.1) is 6.61 Å². The van der Waals surface area contributed by atoms with Crippen molar-refractivity contribution in [2.24, 2.45) is 0 Å². The zero-order valence-electron chi connectivity index (χ0n) is 10.9. The van der Waals surface area contributed by atoms with Crippen LogP contribution in [0.2, 0.25) is 0 Å². The Bertz CT molecular complexity index is 721. The average Bonchev–Trinajstić information content (AvgIpc) is 2.89. The molecule has 0 radical (unpaired) electrons. The monoisotopic (exact) mass is 270 g/mol. The van der Waals surface area contributed by atoms with Crippen LogP contribution in [0.4, 0.5) is 17.5 Å². The predicted octanol–water partition coefficient (Wildman–Crippen LogP) is 1.85. The number of nitrogens with two attached hydrogens (primary N) is 1. The van der Waals surface area contributed by atoms with Crippen LogP contribution in [0.5, 0.6) is 5.75 Å². The third-order valence-corrected chi connectivity index (χ3v) is 2.70. The zero-order chi connectivity index (χ0) is 13.9. The van der Waals surface area contributed by atoms with Crippen LogP contribution in [0.3, 0.4) is 0 Å². The van der Waals surface area contributed by atoms with E-state index in [-0.39, 0.29) is 5.95 Å². The molecular formula is C13H14N6O. The summed E-state index contributed by atoms with van der Waals surface area (Å²) in [6.45, 7) is 2.59. The van der Waals surface area contributed by atoms with Gasteiger partial charge in [-0.25, -0.2) is 9.50 Å². The van der Waals surface area contributed by atoms with E-state index in [4.69, 9.17) is 10.5 Å². The van der Waals surface area contributed by atoms with Gasteiger partial charge in [-0.3, -0.25) is 0 Å². The van der Waals surface area contributed by atoms with E-state index >= 15 is 0 Å². The number of nitrogens with zero attached hydrogens (tertiary/aromatic N) is 4. The van der Waals surface area contributed by atoms with Crippen LogP contribution in [0.15, 0.2) is 36.7 Å². The number of benzene rings is 1. The second kappa shape index (κ2) is 5.04. The van der Waals surface area contributed by atoms with Crippen molar-refractivity contribution in [1.82, 2.24) is 19.6 Å². The summed E-state index contributed by atoms with van der Waals surface area (Å²) >= 11 is 0. The quantitative estimate of drug-likeness (QED) is 0.752.